The zero-order chi connectivity index (χ0) is 16.4. The minimum Gasteiger partial charge on any atom is -0.478 e. The van der Waals surface area contributed by atoms with Gasteiger partial charge in [0, 0.05) is 57.2 Å². The molecule has 0 atom stereocenters. The molecule has 0 aromatic carbocycles. The molecule has 1 fully saturated rings. The smallest absolute Gasteiger partial charge is 0.336 e. The van der Waals surface area contributed by atoms with Crippen LogP contribution in [-0.4, -0.2) is 46.2 Å². The lowest BCUT2D eigenvalue weighted by Gasteiger charge is -2.24. The second kappa shape index (κ2) is 6.50. The number of hydrogen-bond donors (Lipinski definition) is 2. The molecule has 1 saturated heterocycles. The van der Waals surface area contributed by atoms with Gasteiger partial charge in [-0.15, -0.1) is 4.68 Å². The Bertz CT molecular complexity index is 702. The summed E-state index contributed by atoms with van der Waals surface area (Å²) in [7, 11) is 2.16. The number of carboxylic acids is 1. The van der Waals surface area contributed by atoms with Crippen molar-refractivity contribution in [3.8, 4) is 0 Å². The van der Waals surface area contributed by atoms with E-state index in [0.29, 0.717) is 18.0 Å². The molecule has 3 heterocycles. The number of carbonyl (C=O) groups is 1. The molecule has 0 aliphatic carbocycles. The van der Waals surface area contributed by atoms with Crippen molar-refractivity contribution < 1.29 is 14.6 Å². The van der Waals surface area contributed by atoms with Crippen molar-refractivity contribution in [2.75, 3.05) is 20.1 Å². The first-order valence-electron chi connectivity index (χ1n) is 7.99. The van der Waals surface area contributed by atoms with Crippen LogP contribution in [0.2, 0.25) is 0 Å². The first-order chi connectivity index (χ1) is 11.1. The molecule has 3 rings (SSSR count). The van der Waals surface area contributed by atoms with E-state index < -0.39 is 5.97 Å². The van der Waals surface area contributed by atoms with E-state index in [9.17, 15) is 9.90 Å². The van der Waals surface area contributed by atoms with Gasteiger partial charge >= 0.3 is 5.97 Å². The van der Waals surface area contributed by atoms with Gasteiger partial charge in [-0.05, 0) is 18.7 Å². The van der Waals surface area contributed by atoms with E-state index in [1.54, 1.807) is 12.3 Å². The van der Waals surface area contributed by atoms with Crippen molar-refractivity contribution in [1.82, 2.24) is 15.0 Å². The summed E-state index contributed by atoms with van der Waals surface area (Å²) in [6, 6.07) is 2.05. The lowest BCUT2D eigenvalue weighted by Crippen LogP contribution is -2.48. The van der Waals surface area contributed by atoms with Gasteiger partial charge in [0.05, 0.1) is 11.8 Å². The number of hydrogen-bond acceptors (Lipinski definition) is 3. The van der Waals surface area contributed by atoms with Gasteiger partial charge in [0.25, 0.3) is 0 Å². The van der Waals surface area contributed by atoms with Gasteiger partial charge in [-0.25, -0.2) is 4.79 Å². The summed E-state index contributed by atoms with van der Waals surface area (Å²) < 4.78 is 2.24. The maximum atomic E-state index is 11.3. The molecule has 0 bridgehead atoms. The van der Waals surface area contributed by atoms with Gasteiger partial charge in [0.15, 0.2) is 6.04 Å². The van der Waals surface area contributed by atoms with E-state index in [1.165, 1.54) is 11.9 Å². The fraction of sp³-hybridized carbons (Fsp3) is 0.471. The molecule has 0 radical (unpaired) electrons. The highest BCUT2D eigenvalue weighted by Crippen LogP contribution is 2.19. The van der Waals surface area contributed by atoms with Gasteiger partial charge in [-0.3, -0.25) is 4.98 Å². The molecule has 2 N–H and O–H groups in total. The molecule has 23 heavy (non-hydrogen) atoms. The maximum Gasteiger partial charge on any atom is 0.336 e. The van der Waals surface area contributed by atoms with E-state index in [2.05, 4.69) is 33.6 Å². The largest absolute Gasteiger partial charge is 0.478 e. The van der Waals surface area contributed by atoms with E-state index >= 15 is 0 Å². The number of piperidine rings is 1. The number of pyridine rings is 1. The van der Waals surface area contributed by atoms with Crippen LogP contribution in [0.1, 0.15) is 46.1 Å². The van der Waals surface area contributed by atoms with Crippen molar-refractivity contribution in [3.05, 3.63) is 47.0 Å². The molecule has 2 aromatic heterocycles. The molecule has 1 aliphatic heterocycles. The van der Waals surface area contributed by atoms with Crippen molar-refractivity contribution in [2.45, 2.75) is 32.2 Å². The molecule has 0 unspecified atom stereocenters. The minimum absolute atomic E-state index is 0.325. The number of H-pyrrole nitrogens is 1. The molecule has 1 aliphatic rings. The van der Waals surface area contributed by atoms with Crippen LogP contribution in [0, 0.1) is 6.92 Å². The van der Waals surface area contributed by atoms with E-state index in [4.69, 9.17) is 0 Å². The predicted octanol–water partition coefficient (Wildman–Crippen LogP) is 1.56. The highest BCUT2D eigenvalue weighted by molar-refractivity contribution is 5.89. The third-order valence-electron chi connectivity index (χ3n) is 4.77. The Balaban J connectivity index is 1.82. The number of likely N-dealkylation sites (tertiary alicyclic amines) is 1. The van der Waals surface area contributed by atoms with Crippen LogP contribution >= 0.6 is 0 Å². The fourth-order valence-electron chi connectivity index (χ4n) is 3.30. The van der Waals surface area contributed by atoms with Gasteiger partial charge < -0.3 is 10.0 Å². The first kappa shape index (κ1) is 15.7. The molecule has 0 amide bonds. The van der Waals surface area contributed by atoms with Crippen LogP contribution in [0.5, 0.6) is 0 Å². The molecule has 6 nitrogen and oxygen atoms in total. The van der Waals surface area contributed by atoms with Crippen LogP contribution in [0.15, 0.2) is 24.7 Å². The van der Waals surface area contributed by atoms with Crippen LogP contribution in [0.3, 0.4) is 0 Å². The number of aromatic nitrogens is 3. The minimum atomic E-state index is -0.904. The Kier molecular flexibility index (Phi) is 4.43. The molecule has 122 valence electrons. The summed E-state index contributed by atoms with van der Waals surface area (Å²) in [5.74, 6) is -0.904. The SMILES string of the molecule is Cc1c(Cc2cnccc2C(=O)O)c[nH][n+]1C1CCN(C)CC1. The average Bonchev–Trinajstić information content (AvgIpc) is 2.90. The van der Waals surface area contributed by atoms with Crippen LogP contribution < -0.4 is 4.68 Å². The summed E-state index contributed by atoms with van der Waals surface area (Å²) in [5, 5.41) is 12.7. The third-order valence-corrected chi connectivity index (χ3v) is 4.77. The zero-order valence-corrected chi connectivity index (χ0v) is 13.6. The fourth-order valence-corrected chi connectivity index (χ4v) is 3.30. The molecule has 2 aromatic rings. The van der Waals surface area contributed by atoms with Gasteiger partial charge in [0.1, 0.15) is 0 Å². The van der Waals surface area contributed by atoms with Crippen LogP contribution in [0.4, 0.5) is 0 Å². The number of nitrogens with zero attached hydrogens (tertiary/aromatic N) is 3. The van der Waals surface area contributed by atoms with Gasteiger partial charge in [0.2, 0.25) is 5.69 Å². The zero-order valence-electron chi connectivity index (χ0n) is 13.6. The predicted molar refractivity (Wildman–Crippen MR) is 85.5 cm³/mol. The Hall–Kier alpha value is -2.21. The van der Waals surface area contributed by atoms with Crippen molar-refractivity contribution in [3.63, 3.8) is 0 Å². The monoisotopic (exact) mass is 315 g/mol. The Morgan fingerprint density at radius 2 is 2.17 bits per heavy atom. The number of carboxylic acid groups (broad SMARTS) is 1. The second-order valence-corrected chi connectivity index (χ2v) is 6.30. The highest BCUT2D eigenvalue weighted by atomic mass is 16.4. The summed E-state index contributed by atoms with van der Waals surface area (Å²) in [4.78, 5) is 17.8. The molecule has 0 spiro atoms. The number of aromatic amines is 1. The maximum absolute atomic E-state index is 11.3. The lowest BCUT2D eigenvalue weighted by molar-refractivity contribution is -0.781. The standard InChI is InChI=1S/C17H22N4O2/c1-12-13(9-14-10-18-6-3-16(14)17(22)23)11-19-21(12)15-4-7-20(2)8-5-15/h3,6,10-11,15H,4-5,7-9H2,1-2H3,(H,22,23)/p+1. The number of rotatable bonds is 4. The topological polar surface area (TPSA) is 73.1 Å². The lowest BCUT2D eigenvalue weighted by atomic mass is 10.0. The van der Waals surface area contributed by atoms with Gasteiger partial charge in [-0.2, -0.15) is 5.10 Å². The Labute approximate surface area is 135 Å². The Morgan fingerprint density at radius 1 is 1.43 bits per heavy atom. The van der Waals surface area contributed by atoms with Crippen LogP contribution in [0.25, 0.3) is 0 Å². The Morgan fingerprint density at radius 3 is 2.87 bits per heavy atom. The van der Waals surface area contributed by atoms with Gasteiger partial charge in [-0.1, -0.05) is 0 Å². The summed E-state index contributed by atoms with van der Waals surface area (Å²) in [6.45, 7) is 4.31. The number of nitrogens with one attached hydrogen (secondary N) is 1. The first-order valence-corrected chi connectivity index (χ1v) is 7.99. The molecular weight excluding hydrogens is 292 g/mol. The molecule has 0 saturated carbocycles. The molecular formula is C17H23N4O2+. The van der Waals surface area contributed by atoms with Crippen molar-refractivity contribution >= 4 is 5.97 Å². The number of aromatic carboxylic acids is 1. The summed E-state index contributed by atoms with van der Waals surface area (Å²) in [5.41, 5.74) is 3.38. The van der Waals surface area contributed by atoms with Crippen LogP contribution in [-0.2, 0) is 6.42 Å². The third kappa shape index (κ3) is 3.27. The second-order valence-electron chi connectivity index (χ2n) is 6.30. The van der Waals surface area contributed by atoms with E-state index in [-0.39, 0.29) is 0 Å². The van der Waals surface area contributed by atoms with Crippen molar-refractivity contribution in [1.29, 1.82) is 0 Å². The molecule has 6 heteroatoms. The normalized spacial score (nSPS) is 16.6. The highest BCUT2D eigenvalue weighted by Gasteiger charge is 2.29. The van der Waals surface area contributed by atoms with E-state index in [1.807, 2.05) is 6.20 Å². The summed E-state index contributed by atoms with van der Waals surface area (Å²) >= 11 is 0. The van der Waals surface area contributed by atoms with E-state index in [0.717, 1.165) is 37.1 Å². The average molecular weight is 315 g/mol. The summed E-state index contributed by atoms with van der Waals surface area (Å²) in [6.07, 6.45) is 8.01. The quantitative estimate of drug-likeness (QED) is 0.840. The van der Waals surface area contributed by atoms with Crippen molar-refractivity contribution in [2.24, 2.45) is 0 Å².